The molecule has 0 spiro atoms. The smallest absolute Gasteiger partial charge is 0.253 e. The molecule has 0 saturated carbocycles. The number of carbonyl (C=O) groups is 2. The van der Waals surface area contributed by atoms with Crippen molar-refractivity contribution in [2.75, 3.05) is 30.4 Å². The molecule has 7 heteroatoms. The number of amides is 2. The number of aromatic nitrogens is 2. The van der Waals surface area contributed by atoms with Crippen molar-refractivity contribution in [1.29, 1.82) is 0 Å². The van der Waals surface area contributed by atoms with E-state index in [0.717, 1.165) is 17.3 Å². The third kappa shape index (κ3) is 4.00. The maximum atomic E-state index is 12.9. The van der Waals surface area contributed by atoms with Crippen LogP contribution in [-0.4, -0.2) is 52.9 Å². The maximum absolute atomic E-state index is 12.9. The highest BCUT2D eigenvalue weighted by atomic mass is 16.2. The minimum Gasteiger partial charge on any atom is -0.350 e. The highest BCUT2D eigenvalue weighted by Gasteiger charge is 2.27. The van der Waals surface area contributed by atoms with Crippen molar-refractivity contribution in [2.45, 2.75) is 12.5 Å². The second-order valence-electron chi connectivity index (χ2n) is 7.28. The molecule has 0 bridgehead atoms. The summed E-state index contributed by atoms with van der Waals surface area (Å²) in [6.07, 6.45) is 3.89. The summed E-state index contributed by atoms with van der Waals surface area (Å²) in [6.45, 7) is 4.75. The zero-order valence-electron chi connectivity index (χ0n) is 16.8. The Morgan fingerprint density at radius 3 is 2.73 bits per heavy atom. The Morgan fingerprint density at radius 2 is 1.97 bits per heavy atom. The van der Waals surface area contributed by atoms with Gasteiger partial charge in [0.2, 0.25) is 11.9 Å². The van der Waals surface area contributed by atoms with Crippen molar-refractivity contribution < 1.29 is 9.59 Å². The zero-order chi connectivity index (χ0) is 21.1. The van der Waals surface area contributed by atoms with Crippen LogP contribution in [0.1, 0.15) is 16.8 Å². The number of hydrogen-bond donors (Lipinski definition) is 1. The fourth-order valence-electron chi connectivity index (χ4n) is 3.56. The Balaban J connectivity index is 1.39. The quantitative estimate of drug-likeness (QED) is 0.665. The Kier molecular flexibility index (Phi) is 5.43. The molecule has 7 nitrogen and oxygen atoms in total. The minimum absolute atomic E-state index is 0.0250. The third-order valence-corrected chi connectivity index (χ3v) is 5.30. The molecule has 0 unspecified atom stereocenters. The van der Waals surface area contributed by atoms with Crippen molar-refractivity contribution in [3.8, 4) is 0 Å². The number of fused-ring (bicyclic) bond motifs is 1. The first-order valence-electron chi connectivity index (χ1n) is 9.83. The average Bonchev–Trinajstić information content (AvgIpc) is 3.26. The normalized spacial score (nSPS) is 15.8. The van der Waals surface area contributed by atoms with Gasteiger partial charge < -0.3 is 15.1 Å². The lowest BCUT2D eigenvalue weighted by atomic mass is 10.1. The van der Waals surface area contributed by atoms with E-state index in [1.807, 2.05) is 29.2 Å². The summed E-state index contributed by atoms with van der Waals surface area (Å²) >= 11 is 0. The topological polar surface area (TPSA) is 78.4 Å². The lowest BCUT2D eigenvalue weighted by Gasteiger charge is -2.19. The number of benzene rings is 2. The first-order valence-corrected chi connectivity index (χ1v) is 9.83. The SMILES string of the molecule is C=CC(=O)N(C)c1ccc(C(=O)N2CC[C@H](Nc3ncc4ccccc4n3)C2)cc1. The number of nitrogens with one attached hydrogen (secondary N) is 1. The second-order valence-corrected chi connectivity index (χ2v) is 7.28. The number of hydrogen-bond acceptors (Lipinski definition) is 5. The number of anilines is 2. The van der Waals surface area contributed by atoms with E-state index in [2.05, 4.69) is 21.9 Å². The van der Waals surface area contributed by atoms with E-state index in [-0.39, 0.29) is 17.9 Å². The van der Waals surface area contributed by atoms with Crippen LogP contribution in [0.4, 0.5) is 11.6 Å². The number of para-hydroxylation sites is 1. The first-order chi connectivity index (χ1) is 14.5. The van der Waals surface area contributed by atoms with Crippen molar-refractivity contribution in [1.82, 2.24) is 14.9 Å². The Bertz CT molecular complexity index is 1100. The van der Waals surface area contributed by atoms with Crippen LogP contribution in [0.25, 0.3) is 10.9 Å². The van der Waals surface area contributed by atoms with Gasteiger partial charge >= 0.3 is 0 Å². The standard InChI is InChI=1S/C23H23N5O2/c1-3-21(29)27(2)19-10-8-16(9-11-19)22(30)28-13-12-18(15-28)25-23-24-14-17-6-4-5-7-20(17)26-23/h3-11,14,18H,1,12-13,15H2,2H3,(H,24,25,26)/t18-/m0/s1. The summed E-state index contributed by atoms with van der Waals surface area (Å²) in [4.78, 5) is 36.8. The Morgan fingerprint density at radius 1 is 1.20 bits per heavy atom. The molecule has 1 aliphatic heterocycles. The van der Waals surface area contributed by atoms with Crippen molar-refractivity contribution >= 4 is 34.4 Å². The Hall–Kier alpha value is -3.74. The fourth-order valence-corrected chi connectivity index (χ4v) is 3.56. The van der Waals surface area contributed by atoms with E-state index in [9.17, 15) is 9.59 Å². The maximum Gasteiger partial charge on any atom is 0.253 e. The Labute approximate surface area is 175 Å². The molecule has 1 aliphatic rings. The monoisotopic (exact) mass is 401 g/mol. The summed E-state index contributed by atoms with van der Waals surface area (Å²) in [7, 11) is 1.67. The third-order valence-electron chi connectivity index (χ3n) is 5.30. The van der Waals surface area contributed by atoms with Gasteiger partial charge in [-0.05, 0) is 42.8 Å². The molecule has 1 N–H and O–H groups in total. The van der Waals surface area contributed by atoms with Crippen molar-refractivity contribution in [3.63, 3.8) is 0 Å². The first kappa shape index (κ1) is 19.6. The van der Waals surface area contributed by atoms with Crippen molar-refractivity contribution in [2.24, 2.45) is 0 Å². The number of likely N-dealkylation sites (tertiary alicyclic amines) is 1. The van der Waals surface area contributed by atoms with E-state index in [4.69, 9.17) is 0 Å². The van der Waals surface area contributed by atoms with Crippen LogP contribution in [-0.2, 0) is 4.79 Å². The van der Waals surface area contributed by atoms with Crippen LogP contribution < -0.4 is 10.2 Å². The van der Waals surface area contributed by atoms with Crippen LogP contribution in [0, 0.1) is 0 Å². The average molecular weight is 401 g/mol. The molecule has 2 heterocycles. The van der Waals surface area contributed by atoms with E-state index >= 15 is 0 Å². The van der Waals surface area contributed by atoms with Crippen LogP contribution in [0.15, 0.2) is 67.4 Å². The van der Waals surface area contributed by atoms with E-state index < -0.39 is 0 Å². The zero-order valence-corrected chi connectivity index (χ0v) is 16.8. The summed E-state index contributed by atoms with van der Waals surface area (Å²) < 4.78 is 0. The minimum atomic E-state index is -0.196. The van der Waals surface area contributed by atoms with Gasteiger partial charge in [0.25, 0.3) is 5.91 Å². The molecule has 0 aliphatic carbocycles. The number of rotatable bonds is 5. The lowest BCUT2D eigenvalue weighted by molar-refractivity contribution is -0.113. The van der Waals surface area contributed by atoms with E-state index in [1.54, 1.807) is 37.5 Å². The lowest BCUT2D eigenvalue weighted by Crippen LogP contribution is -2.32. The van der Waals surface area contributed by atoms with Gasteiger partial charge in [0.15, 0.2) is 0 Å². The summed E-state index contributed by atoms with van der Waals surface area (Å²) in [5, 5.41) is 4.34. The molecule has 2 aromatic carbocycles. The van der Waals surface area contributed by atoms with Gasteiger partial charge in [-0.3, -0.25) is 9.59 Å². The van der Waals surface area contributed by atoms with Crippen LogP contribution in [0.5, 0.6) is 0 Å². The van der Waals surface area contributed by atoms with Gasteiger partial charge in [-0.2, -0.15) is 0 Å². The largest absolute Gasteiger partial charge is 0.350 e. The molecule has 3 aromatic rings. The number of nitrogens with zero attached hydrogens (tertiary/aromatic N) is 4. The fraction of sp³-hybridized carbons (Fsp3) is 0.217. The molecule has 1 fully saturated rings. The second kappa shape index (κ2) is 8.32. The highest BCUT2D eigenvalue weighted by molar-refractivity contribution is 6.01. The molecular formula is C23H23N5O2. The van der Waals surface area contributed by atoms with Gasteiger partial charge in [-0.1, -0.05) is 24.8 Å². The van der Waals surface area contributed by atoms with Gasteiger partial charge in [0.05, 0.1) is 5.52 Å². The van der Waals surface area contributed by atoms with E-state index in [0.29, 0.717) is 30.3 Å². The molecule has 0 radical (unpaired) electrons. The van der Waals surface area contributed by atoms with Crippen LogP contribution in [0.2, 0.25) is 0 Å². The van der Waals surface area contributed by atoms with Gasteiger partial charge in [0.1, 0.15) is 0 Å². The molecular weight excluding hydrogens is 378 g/mol. The molecule has 1 saturated heterocycles. The predicted octanol–water partition coefficient (Wildman–Crippen LogP) is 3.11. The molecule has 1 aromatic heterocycles. The van der Waals surface area contributed by atoms with Crippen molar-refractivity contribution in [3.05, 3.63) is 72.9 Å². The van der Waals surface area contributed by atoms with Crippen LogP contribution in [0.3, 0.4) is 0 Å². The van der Waals surface area contributed by atoms with Crippen LogP contribution >= 0.6 is 0 Å². The number of likely N-dealkylation sites (N-methyl/N-ethyl adjacent to an activating group) is 1. The van der Waals surface area contributed by atoms with Gasteiger partial charge in [-0.25, -0.2) is 9.97 Å². The summed E-state index contributed by atoms with van der Waals surface area (Å²) in [6, 6.07) is 15.0. The summed E-state index contributed by atoms with van der Waals surface area (Å²) in [5.74, 6) is 0.355. The molecule has 4 rings (SSSR count). The molecule has 30 heavy (non-hydrogen) atoms. The highest BCUT2D eigenvalue weighted by Crippen LogP contribution is 2.20. The predicted molar refractivity (Wildman–Crippen MR) is 118 cm³/mol. The number of carbonyl (C=O) groups excluding carboxylic acids is 2. The molecule has 1 atom stereocenters. The van der Waals surface area contributed by atoms with Gasteiger partial charge in [-0.15, -0.1) is 0 Å². The molecule has 2 amide bonds. The summed E-state index contributed by atoms with van der Waals surface area (Å²) in [5.41, 5.74) is 2.20. The van der Waals surface area contributed by atoms with E-state index in [1.165, 1.54) is 11.0 Å². The molecule has 152 valence electrons. The van der Waals surface area contributed by atoms with Gasteiger partial charge in [0, 0.05) is 49.0 Å².